The summed E-state index contributed by atoms with van der Waals surface area (Å²) in [7, 11) is 0. The second-order valence-electron chi connectivity index (χ2n) is 5.58. The van der Waals surface area contributed by atoms with Crippen LogP contribution in [0.2, 0.25) is 0 Å². The van der Waals surface area contributed by atoms with Crippen LogP contribution in [0.5, 0.6) is 0 Å². The smallest absolute Gasteiger partial charge is 0.0185 e. The van der Waals surface area contributed by atoms with Crippen molar-refractivity contribution < 1.29 is 0 Å². The van der Waals surface area contributed by atoms with Crippen molar-refractivity contribution in [2.75, 3.05) is 31.9 Å². The third-order valence-corrected chi connectivity index (χ3v) is 4.80. The number of nitrogens with zero attached hydrogens (tertiary/aromatic N) is 1. The van der Waals surface area contributed by atoms with Gasteiger partial charge in [0.2, 0.25) is 0 Å². The van der Waals surface area contributed by atoms with Gasteiger partial charge in [0.05, 0.1) is 0 Å². The Morgan fingerprint density at radius 3 is 2.68 bits per heavy atom. The number of thioether (sulfide) groups is 1. The van der Waals surface area contributed by atoms with E-state index in [1.54, 1.807) is 0 Å². The van der Waals surface area contributed by atoms with E-state index < -0.39 is 0 Å². The van der Waals surface area contributed by atoms with Crippen molar-refractivity contribution in [2.24, 2.45) is 11.1 Å². The fourth-order valence-electron chi connectivity index (χ4n) is 2.44. The van der Waals surface area contributed by atoms with Crippen molar-refractivity contribution >= 4 is 24.2 Å². The highest BCUT2D eigenvalue weighted by Crippen LogP contribution is 2.28. The summed E-state index contributed by atoms with van der Waals surface area (Å²) in [6.07, 6.45) is 1.26. The SMILES string of the molecule is CC1(CN)CCN(CCSCc2ccccc2)C1.Cl. The number of hydrogen-bond donors (Lipinski definition) is 1. The van der Waals surface area contributed by atoms with Gasteiger partial charge in [-0.05, 0) is 30.5 Å². The lowest BCUT2D eigenvalue weighted by Crippen LogP contribution is -2.32. The molecule has 1 aliphatic rings. The second-order valence-corrected chi connectivity index (χ2v) is 6.68. The lowest BCUT2D eigenvalue weighted by Gasteiger charge is -2.22. The van der Waals surface area contributed by atoms with E-state index in [1.165, 1.54) is 37.4 Å². The molecule has 19 heavy (non-hydrogen) atoms. The molecule has 0 radical (unpaired) electrons. The molecule has 2 rings (SSSR count). The first-order chi connectivity index (χ1) is 8.72. The van der Waals surface area contributed by atoms with Crippen LogP contribution < -0.4 is 5.73 Å². The largest absolute Gasteiger partial charge is 0.330 e. The van der Waals surface area contributed by atoms with Crippen molar-refractivity contribution in [1.29, 1.82) is 0 Å². The monoisotopic (exact) mass is 300 g/mol. The van der Waals surface area contributed by atoms with E-state index in [2.05, 4.69) is 42.2 Å². The maximum absolute atomic E-state index is 5.83. The average molecular weight is 301 g/mol. The molecule has 0 saturated carbocycles. The zero-order valence-corrected chi connectivity index (χ0v) is 13.3. The highest BCUT2D eigenvalue weighted by atomic mass is 35.5. The molecule has 0 aliphatic carbocycles. The number of likely N-dealkylation sites (tertiary alicyclic amines) is 1. The Morgan fingerprint density at radius 1 is 1.32 bits per heavy atom. The Hall–Kier alpha value is -0.220. The predicted molar refractivity (Wildman–Crippen MR) is 88.1 cm³/mol. The Balaban J connectivity index is 0.00000180. The lowest BCUT2D eigenvalue weighted by molar-refractivity contribution is 0.293. The minimum atomic E-state index is 0. The van der Waals surface area contributed by atoms with Crippen molar-refractivity contribution in [3.8, 4) is 0 Å². The van der Waals surface area contributed by atoms with Gasteiger partial charge in [0.15, 0.2) is 0 Å². The fourth-order valence-corrected chi connectivity index (χ4v) is 3.40. The first-order valence-corrected chi connectivity index (χ1v) is 7.91. The predicted octanol–water partition coefficient (Wildman–Crippen LogP) is 3.01. The fraction of sp³-hybridized carbons (Fsp3) is 0.600. The number of halogens is 1. The molecule has 1 unspecified atom stereocenters. The molecule has 1 saturated heterocycles. The van der Waals surface area contributed by atoms with E-state index in [1.807, 2.05) is 11.8 Å². The standard InChI is InChI=1S/C15H24N2S.ClH/c1-15(12-16)7-8-17(13-15)9-10-18-11-14-5-3-2-4-6-14;/h2-6H,7-13,16H2,1H3;1H. The van der Waals surface area contributed by atoms with Crippen LogP contribution in [0.3, 0.4) is 0 Å². The molecule has 0 amide bonds. The molecule has 1 aliphatic heterocycles. The quantitative estimate of drug-likeness (QED) is 0.819. The maximum atomic E-state index is 5.83. The zero-order valence-electron chi connectivity index (χ0n) is 11.7. The number of nitrogens with two attached hydrogens (primary N) is 1. The highest BCUT2D eigenvalue weighted by molar-refractivity contribution is 7.98. The average Bonchev–Trinajstić information content (AvgIpc) is 2.79. The van der Waals surface area contributed by atoms with Crippen molar-refractivity contribution in [1.82, 2.24) is 4.90 Å². The van der Waals surface area contributed by atoms with Gasteiger partial charge >= 0.3 is 0 Å². The summed E-state index contributed by atoms with van der Waals surface area (Å²) in [5, 5.41) is 0. The molecule has 108 valence electrons. The van der Waals surface area contributed by atoms with Gasteiger partial charge in [-0.25, -0.2) is 0 Å². The molecular weight excluding hydrogens is 276 g/mol. The van der Waals surface area contributed by atoms with Gasteiger partial charge < -0.3 is 10.6 Å². The summed E-state index contributed by atoms with van der Waals surface area (Å²) in [4.78, 5) is 2.56. The van der Waals surface area contributed by atoms with Crippen LogP contribution in [0, 0.1) is 5.41 Å². The minimum Gasteiger partial charge on any atom is -0.330 e. The normalized spacial score (nSPS) is 23.3. The Morgan fingerprint density at radius 2 is 2.05 bits per heavy atom. The topological polar surface area (TPSA) is 29.3 Å². The summed E-state index contributed by atoms with van der Waals surface area (Å²) >= 11 is 2.03. The molecule has 1 aromatic rings. The zero-order chi connectivity index (χ0) is 12.8. The maximum Gasteiger partial charge on any atom is 0.0185 e. The first-order valence-electron chi connectivity index (χ1n) is 6.76. The van der Waals surface area contributed by atoms with Gasteiger partial charge in [0, 0.05) is 24.6 Å². The molecule has 0 bridgehead atoms. The van der Waals surface area contributed by atoms with E-state index in [-0.39, 0.29) is 12.4 Å². The molecule has 4 heteroatoms. The first kappa shape index (κ1) is 16.8. The van der Waals surface area contributed by atoms with E-state index in [0.29, 0.717) is 5.41 Å². The van der Waals surface area contributed by atoms with Gasteiger partial charge in [-0.2, -0.15) is 11.8 Å². The minimum absolute atomic E-state index is 0. The van der Waals surface area contributed by atoms with Crippen LogP contribution in [0.4, 0.5) is 0 Å². The molecule has 0 spiro atoms. The molecule has 0 aromatic heterocycles. The van der Waals surface area contributed by atoms with Gasteiger partial charge in [0.1, 0.15) is 0 Å². The van der Waals surface area contributed by atoms with Crippen molar-refractivity contribution in [3.05, 3.63) is 35.9 Å². The van der Waals surface area contributed by atoms with Gasteiger partial charge in [0.25, 0.3) is 0 Å². The Kier molecular flexibility index (Phi) is 7.22. The summed E-state index contributed by atoms with van der Waals surface area (Å²) in [5.74, 6) is 2.35. The van der Waals surface area contributed by atoms with E-state index in [9.17, 15) is 0 Å². The molecular formula is C15H25ClN2S. The van der Waals surface area contributed by atoms with Crippen LogP contribution in [-0.4, -0.2) is 36.8 Å². The van der Waals surface area contributed by atoms with Gasteiger partial charge in [-0.15, -0.1) is 12.4 Å². The van der Waals surface area contributed by atoms with Crippen LogP contribution in [-0.2, 0) is 5.75 Å². The van der Waals surface area contributed by atoms with Crippen LogP contribution in [0.25, 0.3) is 0 Å². The summed E-state index contributed by atoms with van der Waals surface area (Å²) < 4.78 is 0. The highest BCUT2D eigenvalue weighted by Gasteiger charge is 2.31. The second kappa shape index (κ2) is 8.15. The molecule has 1 fully saturated rings. The van der Waals surface area contributed by atoms with Gasteiger partial charge in [-0.1, -0.05) is 37.3 Å². The molecule has 1 atom stereocenters. The molecule has 2 N–H and O–H groups in total. The molecule has 1 aromatic carbocycles. The third kappa shape index (κ3) is 5.35. The summed E-state index contributed by atoms with van der Waals surface area (Å²) in [6.45, 7) is 6.73. The van der Waals surface area contributed by atoms with Crippen LogP contribution in [0.1, 0.15) is 18.9 Å². The van der Waals surface area contributed by atoms with E-state index >= 15 is 0 Å². The number of rotatable bonds is 6. The molecule has 2 nitrogen and oxygen atoms in total. The number of hydrogen-bond acceptors (Lipinski definition) is 3. The van der Waals surface area contributed by atoms with Crippen LogP contribution >= 0.6 is 24.2 Å². The Bertz CT molecular complexity index is 360. The third-order valence-electron chi connectivity index (χ3n) is 3.79. The summed E-state index contributed by atoms with van der Waals surface area (Å²) in [6, 6.07) is 10.7. The van der Waals surface area contributed by atoms with E-state index in [4.69, 9.17) is 5.73 Å². The van der Waals surface area contributed by atoms with Crippen molar-refractivity contribution in [2.45, 2.75) is 19.1 Å². The number of benzene rings is 1. The van der Waals surface area contributed by atoms with Crippen molar-refractivity contribution in [3.63, 3.8) is 0 Å². The van der Waals surface area contributed by atoms with Crippen LogP contribution in [0.15, 0.2) is 30.3 Å². The van der Waals surface area contributed by atoms with Gasteiger partial charge in [-0.3, -0.25) is 0 Å². The lowest BCUT2D eigenvalue weighted by atomic mass is 9.90. The Labute approximate surface area is 127 Å². The summed E-state index contributed by atoms with van der Waals surface area (Å²) in [5.41, 5.74) is 7.62. The van der Waals surface area contributed by atoms with E-state index in [0.717, 1.165) is 12.3 Å². The molecule has 1 heterocycles.